The van der Waals surface area contributed by atoms with Crippen molar-refractivity contribution in [2.45, 2.75) is 25.4 Å². The van der Waals surface area contributed by atoms with Gasteiger partial charge in [-0.25, -0.2) is 4.79 Å². The summed E-state index contributed by atoms with van der Waals surface area (Å²) in [7, 11) is 1.60. The van der Waals surface area contributed by atoms with Crippen LogP contribution in [-0.2, 0) is 13.1 Å². The molecule has 0 radical (unpaired) electrons. The van der Waals surface area contributed by atoms with Gasteiger partial charge in [0.05, 0.1) is 18.5 Å². The van der Waals surface area contributed by atoms with E-state index in [9.17, 15) is 14.4 Å². The molecule has 0 saturated carbocycles. The second-order valence-corrected chi connectivity index (χ2v) is 11.4. The molecule has 9 nitrogen and oxygen atoms in total. The van der Waals surface area contributed by atoms with Gasteiger partial charge in [-0.05, 0) is 66.9 Å². The minimum Gasteiger partial charge on any atom is -0.496 e. The minimum absolute atomic E-state index is 0.0327. The van der Waals surface area contributed by atoms with Crippen molar-refractivity contribution in [2.75, 3.05) is 35.7 Å². The Morgan fingerprint density at radius 1 is 0.930 bits per heavy atom. The van der Waals surface area contributed by atoms with Gasteiger partial charge in [-0.2, -0.15) is 0 Å². The van der Waals surface area contributed by atoms with Crippen molar-refractivity contribution in [1.29, 1.82) is 0 Å². The Morgan fingerprint density at radius 3 is 2.56 bits per heavy atom. The minimum atomic E-state index is -0.441. The maximum absolute atomic E-state index is 13.3. The molecule has 3 aromatic carbocycles. The van der Waals surface area contributed by atoms with Crippen LogP contribution in [0.1, 0.15) is 34.0 Å². The van der Waals surface area contributed by atoms with Gasteiger partial charge in [0.15, 0.2) is 0 Å². The third-order valence-electron chi connectivity index (χ3n) is 8.06. The molecule has 10 heteroatoms. The normalized spacial score (nSPS) is 17.0. The SMILES string of the molecule is COc1ccccc1CNC(=O)c1ccc(N2C[C@H]3C[C@@H](C2)c2cccc(=O)n2C3)c(NC(=O)Nc2ccc(Cl)cc2)c1. The lowest BCUT2D eigenvalue weighted by molar-refractivity contribution is 0.0950. The number of rotatable bonds is 7. The topological polar surface area (TPSA) is 105 Å². The highest BCUT2D eigenvalue weighted by Gasteiger charge is 2.35. The lowest BCUT2D eigenvalue weighted by Crippen LogP contribution is -2.47. The zero-order chi connectivity index (χ0) is 29.9. The van der Waals surface area contributed by atoms with Crippen LogP contribution in [0.3, 0.4) is 0 Å². The van der Waals surface area contributed by atoms with Crippen molar-refractivity contribution >= 4 is 40.6 Å². The number of nitrogens with zero attached hydrogens (tertiary/aromatic N) is 2. The van der Waals surface area contributed by atoms with E-state index in [1.807, 2.05) is 47.0 Å². The zero-order valence-electron chi connectivity index (χ0n) is 23.7. The number of carbonyl (C=O) groups is 2. The molecule has 6 rings (SSSR count). The maximum atomic E-state index is 13.3. The number of carbonyl (C=O) groups excluding carboxylic acids is 2. The van der Waals surface area contributed by atoms with Crippen LogP contribution in [-0.4, -0.2) is 36.7 Å². The molecule has 2 bridgehead atoms. The molecular weight excluding hydrogens is 566 g/mol. The van der Waals surface area contributed by atoms with E-state index in [1.165, 1.54) is 0 Å². The third-order valence-corrected chi connectivity index (χ3v) is 8.31. The number of fused-ring (bicyclic) bond motifs is 4. The average Bonchev–Trinajstić information content (AvgIpc) is 3.01. The second-order valence-electron chi connectivity index (χ2n) is 10.9. The summed E-state index contributed by atoms with van der Waals surface area (Å²) in [5.74, 6) is 0.883. The number of hydrogen-bond donors (Lipinski definition) is 3. The molecule has 3 heterocycles. The van der Waals surface area contributed by atoms with Gasteiger partial charge < -0.3 is 30.2 Å². The van der Waals surface area contributed by atoms with E-state index in [0.717, 1.165) is 29.9 Å². The van der Waals surface area contributed by atoms with Gasteiger partial charge in [-0.1, -0.05) is 35.9 Å². The number of hydrogen-bond acceptors (Lipinski definition) is 5. The molecule has 0 spiro atoms. The van der Waals surface area contributed by atoms with Gasteiger partial charge in [0.1, 0.15) is 5.75 Å². The first kappa shape index (κ1) is 28.4. The second kappa shape index (κ2) is 12.2. The predicted molar refractivity (Wildman–Crippen MR) is 168 cm³/mol. The summed E-state index contributed by atoms with van der Waals surface area (Å²) in [6, 6.07) is 24.7. The summed E-state index contributed by atoms with van der Waals surface area (Å²) in [6.07, 6.45) is 1.00. The van der Waals surface area contributed by atoms with Gasteiger partial charge in [0.25, 0.3) is 11.5 Å². The van der Waals surface area contributed by atoms with Gasteiger partial charge in [0.2, 0.25) is 0 Å². The van der Waals surface area contributed by atoms with Gasteiger partial charge in [0, 0.05) is 65.7 Å². The van der Waals surface area contributed by atoms with Crippen LogP contribution in [0.4, 0.5) is 21.9 Å². The molecule has 220 valence electrons. The third kappa shape index (κ3) is 6.22. The highest BCUT2D eigenvalue weighted by molar-refractivity contribution is 6.30. The molecular formula is C33H32ClN5O4. The smallest absolute Gasteiger partial charge is 0.323 e. The lowest BCUT2D eigenvalue weighted by Gasteiger charge is -2.44. The molecule has 0 unspecified atom stereocenters. The number of benzene rings is 3. The molecule has 43 heavy (non-hydrogen) atoms. The van der Waals surface area contributed by atoms with E-state index < -0.39 is 6.03 Å². The van der Waals surface area contributed by atoms with E-state index in [-0.39, 0.29) is 23.3 Å². The Hall–Kier alpha value is -4.76. The van der Waals surface area contributed by atoms with Crippen LogP contribution in [0.2, 0.25) is 5.02 Å². The summed E-state index contributed by atoms with van der Waals surface area (Å²) in [5, 5.41) is 9.33. The number of halogens is 1. The van der Waals surface area contributed by atoms with Crippen molar-refractivity contribution in [2.24, 2.45) is 5.92 Å². The lowest BCUT2D eigenvalue weighted by atomic mass is 9.83. The summed E-state index contributed by atoms with van der Waals surface area (Å²) < 4.78 is 7.30. The van der Waals surface area contributed by atoms with Crippen LogP contribution in [0, 0.1) is 5.92 Å². The van der Waals surface area contributed by atoms with Crippen molar-refractivity contribution < 1.29 is 14.3 Å². The first-order valence-corrected chi connectivity index (χ1v) is 14.6. The van der Waals surface area contributed by atoms with E-state index in [4.69, 9.17) is 16.3 Å². The molecule has 4 aromatic rings. The number of nitrogens with one attached hydrogen (secondary N) is 3. The standard InChI is InChI=1S/C33H32ClN5O4/c1-43-30-7-3-2-5-23(30)17-35-32(41)22-9-14-29(27(16-22)37-33(42)36-26-12-10-25(34)11-13-26)38-18-21-15-24(20-38)28-6-4-8-31(40)39(28)19-21/h2-14,16,21,24H,15,17-20H2,1H3,(H,35,41)(H2,36,37,42)/t21-,24+/m1/s1. The molecule has 0 aliphatic carbocycles. The molecule has 1 fully saturated rings. The van der Waals surface area contributed by atoms with Crippen molar-refractivity contribution in [1.82, 2.24) is 9.88 Å². The predicted octanol–water partition coefficient (Wildman–Crippen LogP) is 5.71. The first-order chi connectivity index (χ1) is 20.9. The Kier molecular flexibility index (Phi) is 8.07. The molecule has 3 N–H and O–H groups in total. The number of para-hydroxylation sites is 1. The van der Waals surface area contributed by atoms with Crippen molar-refractivity contribution in [3.63, 3.8) is 0 Å². The fraction of sp³-hybridized carbons (Fsp3) is 0.242. The fourth-order valence-corrected chi connectivity index (χ4v) is 6.22. The van der Waals surface area contributed by atoms with Gasteiger partial charge in [-0.15, -0.1) is 0 Å². The summed E-state index contributed by atoms with van der Waals surface area (Å²) in [5.41, 5.74) is 4.25. The van der Waals surface area contributed by atoms with E-state index >= 15 is 0 Å². The monoisotopic (exact) mass is 597 g/mol. The first-order valence-electron chi connectivity index (χ1n) is 14.2. The van der Waals surface area contributed by atoms with Crippen LogP contribution in [0.15, 0.2) is 89.7 Å². The van der Waals surface area contributed by atoms with Gasteiger partial charge in [-0.3, -0.25) is 9.59 Å². The number of aromatic nitrogens is 1. The Morgan fingerprint density at radius 2 is 1.74 bits per heavy atom. The quantitative estimate of drug-likeness (QED) is 0.253. The number of ether oxygens (including phenoxy) is 1. The number of pyridine rings is 1. The van der Waals surface area contributed by atoms with Crippen LogP contribution in [0.5, 0.6) is 5.75 Å². The maximum Gasteiger partial charge on any atom is 0.323 e. The van der Waals surface area contributed by atoms with Gasteiger partial charge >= 0.3 is 6.03 Å². The average molecular weight is 598 g/mol. The van der Waals surface area contributed by atoms with Crippen molar-refractivity contribution in [3.8, 4) is 5.75 Å². The molecule has 2 aliphatic heterocycles. The largest absolute Gasteiger partial charge is 0.496 e. The van der Waals surface area contributed by atoms with E-state index in [2.05, 4.69) is 20.9 Å². The summed E-state index contributed by atoms with van der Waals surface area (Å²) in [4.78, 5) is 41.1. The summed E-state index contributed by atoms with van der Waals surface area (Å²) in [6.45, 7) is 2.36. The van der Waals surface area contributed by atoms with Crippen LogP contribution >= 0.6 is 11.6 Å². The van der Waals surface area contributed by atoms with E-state index in [1.54, 1.807) is 49.6 Å². The number of amides is 3. The van der Waals surface area contributed by atoms with Crippen LogP contribution < -0.4 is 31.1 Å². The molecule has 1 saturated heterocycles. The molecule has 2 atom stereocenters. The number of piperidine rings is 1. The Labute approximate surface area is 254 Å². The molecule has 2 aliphatic rings. The molecule has 3 amide bonds. The fourth-order valence-electron chi connectivity index (χ4n) is 6.09. The van der Waals surface area contributed by atoms with Crippen LogP contribution in [0.25, 0.3) is 0 Å². The number of methoxy groups -OCH3 is 1. The Bertz CT molecular complexity index is 1720. The zero-order valence-corrected chi connectivity index (χ0v) is 24.4. The molecule has 1 aromatic heterocycles. The summed E-state index contributed by atoms with van der Waals surface area (Å²) >= 11 is 6.00. The number of urea groups is 1. The highest BCUT2D eigenvalue weighted by Crippen LogP contribution is 2.39. The number of anilines is 3. The highest BCUT2D eigenvalue weighted by atomic mass is 35.5. The van der Waals surface area contributed by atoms with Crippen molar-refractivity contribution in [3.05, 3.63) is 117 Å². The Balaban J connectivity index is 1.26. The van der Waals surface area contributed by atoms with E-state index in [0.29, 0.717) is 47.3 Å².